The van der Waals surface area contributed by atoms with E-state index in [0.29, 0.717) is 0 Å². The molecule has 0 N–H and O–H groups in total. The Morgan fingerprint density at radius 3 is 2.92 bits per heavy atom. The van der Waals surface area contributed by atoms with Crippen LogP contribution in [0.2, 0.25) is 0 Å². The second-order valence-electron chi connectivity index (χ2n) is 2.55. The van der Waals surface area contributed by atoms with Gasteiger partial charge in [0.1, 0.15) is 3.70 Å². The molecule has 2 nitrogen and oxygen atoms in total. The molecule has 0 aliphatic carbocycles. The minimum atomic E-state index is 1.04. The monoisotopic (exact) mass is 336 g/mol. The van der Waals surface area contributed by atoms with Crippen molar-refractivity contribution in [2.24, 2.45) is 7.05 Å². The molecule has 62 valence electrons. The Kier molecular flexibility index (Phi) is 2.12. The van der Waals surface area contributed by atoms with E-state index in [1.807, 2.05) is 23.9 Å². The summed E-state index contributed by atoms with van der Waals surface area (Å²) in [6, 6.07) is 6.12. The first-order chi connectivity index (χ1) is 5.70. The predicted molar refractivity (Wildman–Crippen MR) is 61.1 cm³/mol. The number of aromatic nitrogens is 2. The van der Waals surface area contributed by atoms with Crippen molar-refractivity contribution in [1.29, 1.82) is 0 Å². The summed E-state index contributed by atoms with van der Waals surface area (Å²) in [6.07, 6.45) is 0. The van der Waals surface area contributed by atoms with Crippen molar-refractivity contribution in [3.8, 4) is 0 Å². The normalized spacial score (nSPS) is 10.9. The minimum absolute atomic E-state index is 1.04. The molecule has 2 aromatic rings. The van der Waals surface area contributed by atoms with E-state index in [9.17, 15) is 0 Å². The highest BCUT2D eigenvalue weighted by Gasteiger charge is 2.07. The van der Waals surface area contributed by atoms with Crippen molar-refractivity contribution < 1.29 is 0 Å². The lowest BCUT2D eigenvalue weighted by Crippen LogP contribution is -1.88. The molecular weight excluding hydrogens is 331 g/mol. The van der Waals surface area contributed by atoms with E-state index < -0.39 is 0 Å². The number of benzene rings is 1. The van der Waals surface area contributed by atoms with Crippen molar-refractivity contribution in [2.75, 3.05) is 0 Å². The fraction of sp³-hybridized carbons (Fsp3) is 0.125. The molecule has 0 saturated carbocycles. The number of hydrogen-bond acceptors (Lipinski definition) is 1. The maximum absolute atomic E-state index is 4.32. The van der Waals surface area contributed by atoms with Crippen molar-refractivity contribution in [3.05, 3.63) is 26.4 Å². The van der Waals surface area contributed by atoms with Gasteiger partial charge in [0.2, 0.25) is 0 Å². The van der Waals surface area contributed by atoms with Crippen LogP contribution in [-0.4, -0.2) is 9.78 Å². The highest BCUT2D eigenvalue weighted by atomic mass is 127. The number of nitrogens with zero attached hydrogens (tertiary/aromatic N) is 2. The lowest BCUT2D eigenvalue weighted by Gasteiger charge is -1.94. The summed E-state index contributed by atoms with van der Waals surface area (Å²) < 4.78 is 4.04. The quantitative estimate of drug-likeness (QED) is 0.676. The van der Waals surface area contributed by atoms with Crippen molar-refractivity contribution in [3.63, 3.8) is 0 Å². The second-order valence-corrected chi connectivity index (χ2v) is 4.42. The van der Waals surface area contributed by atoms with Gasteiger partial charge < -0.3 is 0 Å². The largest absolute Gasteiger partial charge is 0.267 e. The van der Waals surface area contributed by atoms with Crippen LogP contribution in [0.5, 0.6) is 0 Å². The summed E-state index contributed by atoms with van der Waals surface area (Å²) >= 11 is 5.75. The fourth-order valence-corrected chi connectivity index (χ4v) is 3.03. The van der Waals surface area contributed by atoms with Crippen LogP contribution >= 0.6 is 38.5 Å². The van der Waals surface area contributed by atoms with Gasteiger partial charge in [-0.2, -0.15) is 5.10 Å². The van der Waals surface area contributed by atoms with Gasteiger partial charge >= 0.3 is 0 Å². The topological polar surface area (TPSA) is 17.8 Å². The molecule has 0 saturated heterocycles. The van der Waals surface area contributed by atoms with E-state index in [4.69, 9.17) is 0 Å². The fourth-order valence-electron chi connectivity index (χ4n) is 1.22. The Bertz CT molecular complexity index is 436. The van der Waals surface area contributed by atoms with Gasteiger partial charge in [-0.15, -0.1) is 0 Å². The van der Waals surface area contributed by atoms with Gasteiger partial charge in [0, 0.05) is 16.9 Å². The Balaban J connectivity index is 2.99. The van der Waals surface area contributed by atoms with Gasteiger partial charge in [0.15, 0.2) is 0 Å². The SMILES string of the molecule is Cn1nc(I)c2c(Br)cccc21. The minimum Gasteiger partial charge on any atom is -0.267 e. The average molecular weight is 337 g/mol. The number of hydrogen-bond donors (Lipinski definition) is 0. The van der Waals surface area contributed by atoms with E-state index in [1.165, 1.54) is 5.39 Å². The molecule has 0 amide bonds. The van der Waals surface area contributed by atoms with Crippen LogP contribution < -0.4 is 0 Å². The van der Waals surface area contributed by atoms with Crippen LogP contribution in [0.1, 0.15) is 0 Å². The molecule has 0 radical (unpaired) electrons. The molecule has 1 heterocycles. The molecule has 1 aromatic heterocycles. The van der Waals surface area contributed by atoms with Gasteiger partial charge in [-0.25, -0.2) is 0 Å². The lowest BCUT2D eigenvalue weighted by molar-refractivity contribution is 0.787. The number of rotatable bonds is 0. The van der Waals surface area contributed by atoms with Gasteiger partial charge in [-0.3, -0.25) is 4.68 Å². The van der Waals surface area contributed by atoms with Crippen LogP contribution in [0.3, 0.4) is 0 Å². The first-order valence-corrected chi connectivity index (χ1v) is 5.34. The third-order valence-electron chi connectivity index (χ3n) is 1.78. The van der Waals surface area contributed by atoms with Crippen molar-refractivity contribution in [1.82, 2.24) is 9.78 Å². The molecule has 4 heteroatoms. The second kappa shape index (κ2) is 2.99. The lowest BCUT2D eigenvalue weighted by atomic mass is 10.3. The molecule has 2 rings (SSSR count). The predicted octanol–water partition coefficient (Wildman–Crippen LogP) is 2.94. The average Bonchev–Trinajstić information content (AvgIpc) is 2.29. The van der Waals surface area contributed by atoms with E-state index in [1.54, 1.807) is 0 Å². The van der Waals surface area contributed by atoms with Gasteiger partial charge in [0.05, 0.1) is 5.52 Å². The zero-order valence-corrected chi connectivity index (χ0v) is 10.1. The highest BCUT2D eigenvalue weighted by Crippen LogP contribution is 2.27. The zero-order valence-electron chi connectivity index (χ0n) is 6.38. The van der Waals surface area contributed by atoms with Gasteiger partial charge in [0.25, 0.3) is 0 Å². The molecule has 0 unspecified atom stereocenters. The van der Waals surface area contributed by atoms with E-state index >= 15 is 0 Å². The third kappa shape index (κ3) is 1.17. The smallest absolute Gasteiger partial charge is 0.132 e. The highest BCUT2D eigenvalue weighted by molar-refractivity contribution is 14.1. The number of aryl methyl sites for hydroxylation is 1. The first-order valence-electron chi connectivity index (χ1n) is 3.47. The summed E-state index contributed by atoms with van der Waals surface area (Å²) in [5, 5.41) is 5.52. The van der Waals surface area contributed by atoms with Crippen molar-refractivity contribution >= 4 is 49.4 Å². The molecule has 0 atom stereocenters. The van der Waals surface area contributed by atoms with Gasteiger partial charge in [-0.1, -0.05) is 6.07 Å². The third-order valence-corrected chi connectivity index (χ3v) is 3.20. The summed E-state index contributed by atoms with van der Waals surface area (Å²) in [4.78, 5) is 0. The summed E-state index contributed by atoms with van der Waals surface area (Å²) in [5.74, 6) is 0. The standard InChI is InChI=1S/C8H6BrIN2/c1-12-6-4-2-3-5(9)7(6)8(10)11-12/h2-4H,1H3. The summed E-state index contributed by atoms with van der Waals surface area (Å²) in [6.45, 7) is 0. The maximum atomic E-state index is 4.32. The molecular formula is C8H6BrIN2. The first kappa shape index (κ1) is 8.50. The Labute approximate surface area is 92.2 Å². The van der Waals surface area contributed by atoms with Crippen molar-refractivity contribution in [2.45, 2.75) is 0 Å². The van der Waals surface area contributed by atoms with Crippen LogP contribution in [0.15, 0.2) is 22.7 Å². The van der Waals surface area contributed by atoms with Crippen LogP contribution in [0.25, 0.3) is 10.9 Å². The maximum Gasteiger partial charge on any atom is 0.132 e. The molecule has 1 aromatic carbocycles. The van der Waals surface area contributed by atoms with Crippen LogP contribution in [0, 0.1) is 3.70 Å². The molecule has 0 bridgehead atoms. The van der Waals surface area contributed by atoms with Crippen LogP contribution in [-0.2, 0) is 7.05 Å². The Morgan fingerprint density at radius 1 is 1.50 bits per heavy atom. The summed E-state index contributed by atoms with van der Waals surface area (Å²) in [5.41, 5.74) is 1.16. The molecule has 0 aliphatic heterocycles. The van der Waals surface area contributed by atoms with Gasteiger partial charge in [-0.05, 0) is 50.7 Å². The van der Waals surface area contributed by atoms with E-state index in [-0.39, 0.29) is 0 Å². The van der Waals surface area contributed by atoms with E-state index in [2.05, 4.69) is 49.7 Å². The zero-order chi connectivity index (χ0) is 8.72. The Hall–Kier alpha value is -0.100. The number of halogens is 2. The molecule has 12 heavy (non-hydrogen) atoms. The van der Waals surface area contributed by atoms with E-state index in [0.717, 1.165) is 13.7 Å². The Morgan fingerprint density at radius 2 is 2.25 bits per heavy atom. The summed E-state index contributed by atoms with van der Waals surface area (Å²) in [7, 11) is 1.96. The number of fused-ring (bicyclic) bond motifs is 1. The molecule has 0 spiro atoms. The molecule has 0 aliphatic rings. The molecule has 0 fully saturated rings. The van der Waals surface area contributed by atoms with Crippen LogP contribution in [0.4, 0.5) is 0 Å².